The van der Waals surface area contributed by atoms with Gasteiger partial charge in [0.2, 0.25) is 6.93 Å². The molecule has 9 heteroatoms. The van der Waals surface area contributed by atoms with E-state index in [4.69, 9.17) is 13.9 Å². The molecule has 0 rings (SSSR count). The zero-order chi connectivity index (χ0) is 8.28. The molecular formula is C2H2CsF7O. The Bertz CT molecular complexity index is 47.7. The molecule has 0 heterocycles. The molecule has 0 aliphatic rings. The Hall–Kier alpha value is 1.23. The van der Waals surface area contributed by atoms with Gasteiger partial charge in [-0.1, -0.05) is 0 Å². The Morgan fingerprint density at radius 3 is 1.09 bits per heavy atom. The number of hydrogen-bond acceptors (Lipinski definition) is 1. The van der Waals surface area contributed by atoms with E-state index >= 15 is 0 Å². The van der Waals surface area contributed by atoms with E-state index in [1.165, 1.54) is 0 Å². The zero-order valence-electron chi connectivity index (χ0n) is 5.26. The van der Waals surface area contributed by atoms with Crippen molar-refractivity contribution in [3.05, 3.63) is 0 Å². The van der Waals surface area contributed by atoms with E-state index in [2.05, 4.69) is 0 Å². The van der Waals surface area contributed by atoms with Crippen LogP contribution in [0, 0.1) is 0 Å². The summed E-state index contributed by atoms with van der Waals surface area (Å²) in [5.41, 5.74) is 0. The predicted octanol–water partition coefficient (Wildman–Crippen LogP) is -3.22. The number of hydrogen-bond donors (Lipinski definition) is 0. The van der Waals surface area contributed by atoms with E-state index in [0.717, 1.165) is 0 Å². The number of carbonyl (C=O) groups excluding carboxylic acids is 1. The molecule has 0 aliphatic heterocycles. The second kappa shape index (κ2) is 43.0. The molecule has 0 saturated heterocycles. The van der Waals surface area contributed by atoms with Crippen LogP contribution in [0.25, 0.3) is 0 Å². The minimum atomic E-state index is -2.83. The minimum absolute atomic E-state index is 0. The van der Waals surface area contributed by atoms with Gasteiger partial charge in [0.05, 0.1) is 0 Å². The van der Waals surface area contributed by atoms with Gasteiger partial charge < -0.3 is 4.70 Å². The maximum Gasteiger partial charge on any atom is 1.00 e. The number of halogens is 7. The van der Waals surface area contributed by atoms with Crippen molar-refractivity contribution in [3.8, 4) is 0 Å². The topological polar surface area (TPSA) is 17.1 Å². The molecule has 11 heavy (non-hydrogen) atoms. The third kappa shape index (κ3) is 631. The van der Waals surface area contributed by atoms with Crippen LogP contribution in [-0.4, -0.2) is 13.2 Å². The van der Waals surface area contributed by atoms with E-state index in [9.17, 15) is 17.6 Å². The molecule has 0 saturated carbocycles. The molecule has 66 valence electrons. The average Bonchev–Trinajstić information content (AvgIpc) is 1.71. The molecule has 0 amide bonds. The molecule has 1 nitrogen and oxygen atoms in total. The Morgan fingerprint density at radius 2 is 1.09 bits per heavy atom. The first-order chi connectivity index (χ1) is 4.15. The van der Waals surface area contributed by atoms with Crippen LogP contribution in [0.15, 0.2) is 0 Å². The summed E-state index contributed by atoms with van der Waals surface area (Å²) >= 11 is 0. The third-order valence-electron chi connectivity index (χ3n) is 0. The van der Waals surface area contributed by atoms with Gasteiger partial charge in [-0.2, -0.15) is 0 Å². The standard InChI is InChI=1S/CF2O.CH2F2.Cs.F2.FH/c2-1(3)4;2-1-3;;1-2;/h;1H2;;;1H/q;;+1;;/p-1. The van der Waals surface area contributed by atoms with Gasteiger partial charge in [-0.15, -0.1) is 8.78 Å². The normalized spacial score (nSPS) is 4.55. The van der Waals surface area contributed by atoms with Crippen LogP contribution in [-0.2, 0) is 0 Å². The SMILES string of the molecule is FCF.FF.O=C(F)F.[Cs+].[F-]. The quantitative estimate of drug-likeness (QED) is 0.340. The Balaban J connectivity index is -0.0000000158. The molecule has 0 aromatic heterocycles. The fraction of sp³-hybridized carbons (Fsp3) is 0.500. The summed E-state index contributed by atoms with van der Waals surface area (Å²) in [6.07, 6.45) is -2.83. The first-order valence-electron chi connectivity index (χ1n) is 1.26. The molecule has 0 unspecified atom stereocenters. The van der Waals surface area contributed by atoms with Crippen molar-refractivity contribution in [1.82, 2.24) is 0 Å². The van der Waals surface area contributed by atoms with Crippen molar-refractivity contribution < 1.29 is 105 Å². The van der Waals surface area contributed by atoms with Crippen molar-refractivity contribution >= 4 is 6.29 Å². The van der Waals surface area contributed by atoms with Crippen molar-refractivity contribution in [1.29, 1.82) is 0 Å². The van der Waals surface area contributed by atoms with Gasteiger partial charge in [0.25, 0.3) is 0 Å². The monoisotopic (exact) mass is 308 g/mol. The fourth-order valence-electron chi connectivity index (χ4n) is 0. The molecule has 0 spiro atoms. The van der Waals surface area contributed by atoms with Gasteiger partial charge in [-0.25, -0.2) is 13.6 Å². The van der Waals surface area contributed by atoms with Crippen molar-refractivity contribution in [3.63, 3.8) is 0 Å². The van der Waals surface area contributed by atoms with Crippen LogP contribution < -0.4 is 73.6 Å². The van der Waals surface area contributed by atoms with Crippen LogP contribution in [0.1, 0.15) is 0 Å². The Morgan fingerprint density at radius 1 is 1.09 bits per heavy atom. The second-order valence-electron chi connectivity index (χ2n) is 0.327. The molecule has 0 aliphatic carbocycles. The van der Waals surface area contributed by atoms with Crippen molar-refractivity contribution in [2.45, 2.75) is 0 Å². The minimum Gasteiger partial charge on any atom is -1.00 e. The van der Waals surface area contributed by atoms with E-state index in [1.54, 1.807) is 0 Å². The largest absolute Gasteiger partial charge is 1.00 e. The summed E-state index contributed by atoms with van der Waals surface area (Å²) in [6, 6.07) is 0. The van der Waals surface area contributed by atoms with Gasteiger partial charge >= 0.3 is 75.2 Å². The molecule has 0 aromatic carbocycles. The van der Waals surface area contributed by atoms with E-state index in [1.807, 2.05) is 0 Å². The Labute approximate surface area is 116 Å². The number of rotatable bonds is 0. The van der Waals surface area contributed by atoms with Crippen LogP contribution in [0.4, 0.5) is 31.5 Å². The van der Waals surface area contributed by atoms with Crippen molar-refractivity contribution in [2.75, 3.05) is 6.93 Å². The summed E-state index contributed by atoms with van der Waals surface area (Å²) in [6.45, 7) is -1.75. The second-order valence-corrected chi connectivity index (χ2v) is 0.327. The summed E-state index contributed by atoms with van der Waals surface area (Å²) in [5.74, 6) is 0. The van der Waals surface area contributed by atoms with Gasteiger partial charge in [0, 0.05) is 9.15 Å². The van der Waals surface area contributed by atoms with E-state index in [0.29, 0.717) is 0 Å². The van der Waals surface area contributed by atoms with Gasteiger partial charge in [0.1, 0.15) is 0 Å². The average molecular weight is 308 g/mol. The van der Waals surface area contributed by atoms with Crippen LogP contribution in [0.5, 0.6) is 0 Å². The molecule has 0 fully saturated rings. The van der Waals surface area contributed by atoms with E-state index in [-0.39, 0.29) is 73.6 Å². The maximum absolute atomic E-state index is 9.69. The summed E-state index contributed by atoms with van der Waals surface area (Å²) in [5, 5.41) is 0. The van der Waals surface area contributed by atoms with Crippen LogP contribution in [0.2, 0.25) is 0 Å². The van der Waals surface area contributed by atoms with Gasteiger partial charge in [-0.3, -0.25) is 0 Å². The molecule has 0 N–H and O–H groups in total. The van der Waals surface area contributed by atoms with E-state index < -0.39 is 13.2 Å². The first-order valence-corrected chi connectivity index (χ1v) is 1.26. The summed E-state index contributed by atoms with van der Waals surface area (Å²) in [4.78, 5) is 8.11. The van der Waals surface area contributed by atoms with Gasteiger partial charge in [-0.05, 0) is 0 Å². The summed E-state index contributed by atoms with van der Waals surface area (Å²) in [7, 11) is 0. The number of alkyl halides is 2. The maximum atomic E-state index is 9.69. The molecule has 0 atom stereocenters. The zero-order valence-corrected chi connectivity index (χ0v) is 11.5. The molecule has 0 aromatic rings. The van der Waals surface area contributed by atoms with Crippen LogP contribution in [0.3, 0.4) is 0 Å². The first kappa shape index (κ1) is 29.5. The summed E-state index contributed by atoms with van der Waals surface area (Å²) < 4.78 is 54.6. The molecule has 0 bridgehead atoms. The number of carbonyl (C=O) groups is 1. The smallest absolute Gasteiger partial charge is 1.00 e. The third-order valence-corrected chi connectivity index (χ3v) is 0. The fourth-order valence-corrected chi connectivity index (χ4v) is 0. The van der Waals surface area contributed by atoms with Crippen molar-refractivity contribution in [2.24, 2.45) is 0 Å². The van der Waals surface area contributed by atoms with Crippen LogP contribution >= 0.6 is 0 Å². The molecule has 0 radical (unpaired) electrons. The van der Waals surface area contributed by atoms with Gasteiger partial charge in [0.15, 0.2) is 0 Å². The molecular weight excluding hydrogens is 306 g/mol. The predicted molar refractivity (Wildman–Crippen MR) is 16.9 cm³/mol. The Kier molecular flexibility index (Phi) is 115.